The molecule has 0 aliphatic heterocycles. The van der Waals surface area contributed by atoms with Gasteiger partial charge in [0.1, 0.15) is 0 Å². The Hall–Kier alpha value is -0.120. The van der Waals surface area contributed by atoms with Crippen LogP contribution in [0.4, 0.5) is 0 Å². The molecule has 10 heavy (non-hydrogen) atoms. The Morgan fingerprint density at radius 1 is 1.50 bits per heavy atom. The van der Waals surface area contributed by atoms with Crippen LogP contribution in [0.2, 0.25) is 0 Å². The van der Waals surface area contributed by atoms with Gasteiger partial charge in [0.15, 0.2) is 0 Å². The largest absolute Gasteiger partial charge is 0.380 e. The second kappa shape index (κ2) is 5.65. The number of hydrogen-bond donors (Lipinski definition) is 2. The van der Waals surface area contributed by atoms with Gasteiger partial charge in [0.05, 0.1) is 6.10 Å². The summed E-state index contributed by atoms with van der Waals surface area (Å²) in [5.41, 5.74) is 5.32. The standard InChI is InChI=1S/C7H18N2O/c1-6(7(2)10-3)9-5-4-8/h6-7,9H,4-5,8H2,1-3H3. The lowest BCUT2D eigenvalue weighted by Gasteiger charge is -2.19. The molecule has 2 unspecified atom stereocenters. The molecule has 0 spiro atoms. The van der Waals surface area contributed by atoms with Crippen molar-refractivity contribution in [3.05, 3.63) is 0 Å². The van der Waals surface area contributed by atoms with Gasteiger partial charge < -0.3 is 15.8 Å². The second-order valence-electron chi connectivity index (χ2n) is 2.47. The van der Waals surface area contributed by atoms with E-state index in [1.54, 1.807) is 7.11 Å². The first kappa shape index (κ1) is 9.88. The molecule has 0 aromatic rings. The van der Waals surface area contributed by atoms with E-state index >= 15 is 0 Å². The van der Waals surface area contributed by atoms with Crippen LogP contribution in [0.3, 0.4) is 0 Å². The fraction of sp³-hybridized carbons (Fsp3) is 1.00. The van der Waals surface area contributed by atoms with Gasteiger partial charge in [-0.15, -0.1) is 0 Å². The first-order valence-electron chi connectivity index (χ1n) is 3.68. The lowest BCUT2D eigenvalue weighted by molar-refractivity contribution is 0.0892. The van der Waals surface area contributed by atoms with Crippen LogP contribution in [0.25, 0.3) is 0 Å². The molecule has 62 valence electrons. The maximum Gasteiger partial charge on any atom is 0.0693 e. The van der Waals surface area contributed by atoms with E-state index in [4.69, 9.17) is 10.5 Å². The summed E-state index contributed by atoms with van der Waals surface area (Å²) in [4.78, 5) is 0. The average Bonchev–Trinajstić information content (AvgIpc) is 1.98. The Kier molecular flexibility index (Phi) is 5.58. The summed E-state index contributed by atoms with van der Waals surface area (Å²) in [5.74, 6) is 0. The summed E-state index contributed by atoms with van der Waals surface area (Å²) < 4.78 is 5.11. The molecule has 0 radical (unpaired) electrons. The Bertz CT molecular complexity index is 78.0. The molecule has 3 nitrogen and oxygen atoms in total. The normalized spacial score (nSPS) is 16.8. The van der Waals surface area contributed by atoms with Crippen LogP contribution >= 0.6 is 0 Å². The molecule has 3 N–H and O–H groups in total. The molecule has 0 fully saturated rings. The molecule has 2 atom stereocenters. The van der Waals surface area contributed by atoms with Gasteiger partial charge in [-0.25, -0.2) is 0 Å². The Morgan fingerprint density at radius 3 is 2.50 bits per heavy atom. The monoisotopic (exact) mass is 146 g/mol. The Labute approximate surface area is 62.9 Å². The van der Waals surface area contributed by atoms with Crippen molar-refractivity contribution in [2.75, 3.05) is 20.2 Å². The lowest BCUT2D eigenvalue weighted by Crippen LogP contribution is -2.39. The van der Waals surface area contributed by atoms with Crippen LogP contribution in [0.15, 0.2) is 0 Å². The van der Waals surface area contributed by atoms with Gasteiger partial charge in [-0.1, -0.05) is 0 Å². The maximum absolute atomic E-state index is 5.32. The minimum absolute atomic E-state index is 0.256. The van der Waals surface area contributed by atoms with Gasteiger partial charge in [0, 0.05) is 26.2 Å². The van der Waals surface area contributed by atoms with Crippen molar-refractivity contribution in [1.29, 1.82) is 0 Å². The summed E-state index contributed by atoms with van der Waals surface area (Å²) in [6.07, 6.45) is 0.256. The molecule has 0 amide bonds. The number of hydrogen-bond acceptors (Lipinski definition) is 3. The smallest absolute Gasteiger partial charge is 0.0693 e. The fourth-order valence-corrected chi connectivity index (χ4v) is 0.681. The van der Waals surface area contributed by atoms with E-state index in [0.717, 1.165) is 6.54 Å². The number of rotatable bonds is 5. The van der Waals surface area contributed by atoms with Gasteiger partial charge in [-0.3, -0.25) is 0 Å². The number of nitrogens with two attached hydrogens (primary N) is 1. The van der Waals surface area contributed by atoms with Crippen molar-refractivity contribution in [3.8, 4) is 0 Å². The van der Waals surface area contributed by atoms with Gasteiger partial charge >= 0.3 is 0 Å². The SMILES string of the molecule is COC(C)C(C)NCCN. The third kappa shape index (κ3) is 3.82. The first-order chi connectivity index (χ1) is 4.72. The van der Waals surface area contributed by atoms with Gasteiger partial charge in [0.2, 0.25) is 0 Å². The molecule has 0 saturated carbocycles. The van der Waals surface area contributed by atoms with E-state index in [1.807, 2.05) is 6.92 Å². The second-order valence-corrected chi connectivity index (χ2v) is 2.47. The van der Waals surface area contributed by atoms with Crippen LogP contribution in [0, 0.1) is 0 Å². The minimum Gasteiger partial charge on any atom is -0.380 e. The third-order valence-electron chi connectivity index (χ3n) is 1.69. The van der Waals surface area contributed by atoms with E-state index in [2.05, 4.69) is 12.2 Å². The van der Waals surface area contributed by atoms with Crippen molar-refractivity contribution in [2.24, 2.45) is 5.73 Å². The molecule has 0 heterocycles. The van der Waals surface area contributed by atoms with Crippen molar-refractivity contribution in [3.63, 3.8) is 0 Å². The molecule has 0 saturated heterocycles. The molecule has 0 aliphatic carbocycles. The van der Waals surface area contributed by atoms with Crippen molar-refractivity contribution < 1.29 is 4.74 Å². The highest BCUT2D eigenvalue weighted by Gasteiger charge is 2.08. The summed E-state index contributed by atoms with van der Waals surface area (Å²) in [5, 5.41) is 3.23. The molecule has 3 heteroatoms. The highest BCUT2D eigenvalue weighted by Crippen LogP contribution is 1.94. The molecule has 0 aromatic heterocycles. The van der Waals surface area contributed by atoms with E-state index in [-0.39, 0.29) is 6.10 Å². The number of ether oxygens (including phenoxy) is 1. The highest BCUT2D eigenvalue weighted by molar-refractivity contribution is 4.67. The first-order valence-corrected chi connectivity index (χ1v) is 3.68. The zero-order valence-corrected chi connectivity index (χ0v) is 7.05. The van der Waals surface area contributed by atoms with E-state index in [9.17, 15) is 0 Å². The molecular weight excluding hydrogens is 128 g/mol. The molecular formula is C7H18N2O. The number of nitrogens with one attached hydrogen (secondary N) is 1. The molecule has 0 rings (SSSR count). The zero-order valence-electron chi connectivity index (χ0n) is 7.05. The predicted octanol–water partition coefficient (Wildman–Crippen LogP) is -0.0419. The third-order valence-corrected chi connectivity index (χ3v) is 1.69. The summed E-state index contributed by atoms with van der Waals surface area (Å²) in [7, 11) is 1.71. The highest BCUT2D eigenvalue weighted by atomic mass is 16.5. The van der Waals surface area contributed by atoms with Gasteiger partial charge in [0.25, 0.3) is 0 Å². The van der Waals surface area contributed by atoms with Crippen LogP contribution in [0.5, 0.6) is 0 Å². The lowest BCUT2D eigenvalue weighted by atomic mass is 10.2. The van der Waals surface area contributed by atoms with Crippen LogP contribution in [-0.2, 0) is 4.74 Å². The summed E-state index contributed by atoms with van der Waals surface area (Å²) >= 11 is 0. The fourth-order valence-electron chi connectivity index (χ4n) is 0.681. The number of methoxy groups -OCH3 is 1. The Balaban J connectivity index is 3.31. The van der Waals surface area contributed by atoms with Gasteiger partial charge in [-0.05, 0) is 13.8 Å². The molecule has 0 aromatic carbocycles. The summed E-state index contributed by atoms with van der Waals surface area (Å²) in [6, 6.07) is 0.383. The average molecular weight is 146 g/mol. The van der Waals surface area contributed by atoms with Crippen molar-refractivity contribution in [2.45, 2.75) is 26.0 Å². The molecule has 0 bridgehead atoms. The van der Waals surface area contributed by atoms with Crippen molar-refractivity contribution in [1.82, 2.24) is 5.32 Å². The van der Waals surface area contributed by atoms with Crippen LogP contribution < -0.4 is 11.1 Å². The maximum atomic E-state index is 5.32. The van der Waals surface area contributed by atoms with Crippen molar-refractivity contribution >= 4 is 0 Å². The topological polar surface area (TPSA) is 47.3 Å². The van der Waals surface area contributed by atoms with Crippen LogP contribution in [-0.4, -0.2) is 32.3 Å². The summed E-state index contributed by atoms with van der Waals surface area (Å²) in [6.45, 7) is 5.66. The van der Waals surface area contributed by atoms with Gasteiger partial charge in [-0.2, -0.15) is 0 Å². The zero-order chi connectivity index (χ0) is 7.98. The quantitative estimate of drug-likeness (QED) is 0.572. The van der Waals surface area contributed by atoms with Crippen LogP contribution in [0.1, 0.15) is 13.8 Å². The molecule has 0 aliphatic rings. The van der Waals surface area contributed by atoms with E-state index < -0.39 is 0 Å². The van der Waals surface area contributed by atoms with E-state index in [0.29, 0.717) is 12.6 Å². The Morgan fingerprint density at radius 2 is 2.10 bits per heavy atom. The van der Waals surface area contributed by atoms with E-state index in [1.165, 1.54) is 0 Å². The predicted molar refractivity (Wildman–Crippen MR) is 43.0 cm³/mol. The minimum atomic E-state index is 0.256.